The average Bonchev–Trinajstić information content (AvgIpc) is 2.89. The van der Waals surface area contributed by atoms with E-state index < -0.39 is 0 Å². The first-order chi connectivity index (χ1) is 11.4. The van der Waals surface area contributed by atoms with Crippen LogP contribution in [0.2, 0.25) is 0 Å². The molecule has 0 radical (unpaired) electrons. The maximum absolute atomic E-state index is 12.2. The van der Waals surface area contributed by atoms with E-state index in [-0.39, 0.29) is 11.9 Å². The fraction of sp³-hybridized carbons (Fsp3) is 0.389. The van der Waals surface area contributed by atoms with Gasteiger partial charge in [-0.1, -0.05) is 36.0 Å². The van der Waals surface area contributed by atoms with Crippen LogP contribution in [0.4, 0.5) is 0 Å². The normalized spacial score (nSPS) is 12.0. The molecule has 0 aliphatic carbocycles. The Hall–Kier alpha value is -2.08. The van der Waals surface area contributed by atoms with Crippen LogP contribution in [0.5, 0.6) is 0 Å². The molecule has 0 aliphatic heterocycles. The molecule has 0 aliphatic rings. The molecule has 1 aromatic carbocycles. The van der Waals surface area contributed by atoms with Crippen molar-refractivity contribution in [2.45, 2.75) is 45.4 Å². The van der Waals surface area contributed by atoms with Gasteiger partial charge in [0.15, 0.2) is 5.16 Å². The molecule has 0 fully saturated rings. The topological polar surface area (TPSA) is 59.8 Å². The smallest absolute Gasteiger partial charge is 0.230 e. The summed E-state index contributed by atoms with van der Waals surface area (Å²) >= 11 is 1.39. The van der Waals surface area contributed by atoms with Gasteiger partial charge in [0.2, 0.25) is 5.91 Å². The number of amides is 1. The van der Waals surface area contributed by atoms with Gasteiger partial charge >= 0.3 is 0 Å². The summed E-state index contributed by atoms with van der Waals surface area (Å²) in [6, 6.07) is 6.25. The Kier molecular flexibility index (Phi) is 6.20. The molecule has 1 atom stereocenters. The molecule has 2 aromatic rings. The molecule has 1 aromatic heterocycles. The Morgan fingerprint density at radius 2 is 2.08 bits per heavy atom. The summed E-state index contributed by atoms with van der Waals surface area (Å²) in [5.41, 5.74) is 3.60. The second-order valence-electron chi connectivity index (χ2n) is 5.85. The van der Waals surface area contributed by atoms with E-state index in [1.54, 1.807) is 6.08 Å². The number of nitrogens with one attached hydrogen (secondary N) is 1. The number of allylic oxidation sites excluding steroid dienone is 1. The maximum Gasteiger partial charge on any atom is 0.230 e. The van der Waals surface area contributed by atoms with Crippen molar-refractivity contribution in [3.8, 4) is 0 Å². The molecule has 5 nitrogen and oxygen atoms in total. The summed E-state index contributed by atoms with van der Waals surface area (Å²) in [6.45, 7) is 12.4. The van der Waals surface area contributed by atoms with Gasteiger partial charge in [-0.15, -0.1) is 16.8 Å². The van der Waals surface area contributed by atoms with Crippen molar-refractivity contribution < 1.29 is 4.79 Å². The summed E-state index contributed by atoms with van der Waals surface area (Å²) in [6.07, 6.45) is 1.79. The molecule has 1 heterocycles. The SMILES string of the molecule is C=CCn1c(C)nnc1SCC(=O)NC(C)c1ccc(C)c(C)c1. The van der Waals surface area contributed by atoms with Crippen molar-refractivity contribution in [2.24, 2.45) is 0 Å². The average molecular weight is 344 g/mol. The van der Waals surface area contributed by atoms with E-state index >= 15 is 0 Å². The van der Waals surface area contributed by atoms with Gasteiger partial charge in [0.05, 0.1) is 11.8 Å². The van der Waals surface area contributed by atoms with E-state index in [0.717, 1.165) is 16.5 Å². The van der Waals surface area contributed by atoms with E-state index in [0.29, 0.717) is 12.3 Å². The van der Waals surface area contributed by atoms with E-state index in [1.807, 2.05) is 18.4 Å². The highest BCUT2D eigenvalue weighted by Crippen LogP contribution is 2.19. The van der Waals surface area contributed by atoms with Crippen LogP contribution in [-0.2, 0) is 11.3 Å². The van der Waals surface area contributed by atoms with Crippen molar-refractivity contribution in [2.75, 3.05) is 5.75 Å². The highest BCUT2D eigenvalue weighted by atomic mass is 32.2. The van der Waals surface area contributed by atoms with Crippen LogP contribution < -0.4 is 5.32 Å². The molecule has 2 rings (SSSR count). The number of benzene rings is 1. The minimum absolute atomic E-state index is 0.0171. The first kappa shape index (κ1) is 18.3. The third-order valence-corrected chi connectivity index (χ3v) is 4.92. The number of aryl methyl sites for hydroxylation is 3. The lowest BCUT2D eigenvalue weighted by atomic mass is 10.0. The number of thioether (sulfide) groups is 1. The predicted molar refractivity (Wildman–Crippen MR) is 98.2 cm³/mol. The summed E-state index contributed by atoms with van der Waals surface area (Å²) in [5, 5.41) is 11.9. The molecule has 1 N–H and O–H groups in total. The summed E-state index contributed by atoms with van der Waals surface area (Å²) < 4.78 is 1.94. The molecule has 128 valence electrons. The third-order valence-electron chi connectivity index (χ3n) is 3.95. The Morgan fingerprint density at radius 3 is 2.75 bits per heavy atom. The van der Waals surface area contributed by atoms with Crippen LogP contribution >= 0.6 is 11.8 Å². The van der Waals surface area contributed by atoms with Gasteiger partial charge in [0.1, 0.15) is 5.82 Å². The van der Waals surface area contributed by atoms with E-state index in [9.17, 15) is 4.79 Å². The molecular weight excluding hydrogens is 320 g/mol. The number of aromatic nitrogens is 3. The van der Waals surface area contributed by atoms with Crippen LogP contribution in [0.3, 0.4) is 0 Å². The highest BCUT2D eigenvalue weighted by molar-refractivity contribution is 7.99. The molecule has 0 spiro atoms. The van der Waals surface area contributed by atoms with Gasteiger partial charge in [-0.25, -0.2) is 0 Å². The lowest BCUT2D eigenvalue weighted by Gasteiger charge is -2.15. The van der Waals surface area contributed by atoms with Crippen molar-refractivity contribution in [3.05, 3.63) is 53.4 Å². The molecule has 24 heavy (non-hydrogen) atoms. The fourth-order valence-electron chi connectivity index (χ4n) is 2.34. The minimum Gasteiger partial charge on any atom is -0.349 e. The van der Waals surface area contributed by atoms with Crippen molar-refractivity contribution in [3.63, 3.8) is 0 Å². The van der Waals surface area contributed by atoms with Crippen molar-refractivity contribution in [1.29, 1.82) is 0 Å². The number of hydrogen-bond donors (Lipinski definition) is 1. The van der Waals surface area contributed by atoms with Gasteiger partial charge < -0.3 is 9.88 Å². The predicted octanol–water partition coefficient (Wildman–Crippen LogP) is 3.36. The summed E-state index contributed by atoms with van der Waals surface area (Å²) in [4.78, 5) is 12.2. The Morgan fingerprint density at radius 1 is 1.33 bits per heavy atom. The number of carbonyl (C=O) groups excluding carboxylic acids is 1. The summed E-state index contributed by atoms with van der Waals surface area (Å²) in [5.74, 6) is 1.11. The molecule has 0 saturated heterocycles. The van der Waals surface area contributed by atoms with Gasteiger partial charge in [0.25, 0.3) is 0 Å². The molecular formula is C18H24N4OS. The minimum atomic E-state index is -0.0230. The largest absolute Gasteiger partial charge is 0.349 e. The number of rotatable bonds is 7. The lowest BCUT2D eigenvalue weighted by Crippen LogP contribution is -2.28. The number of hydrogen-bond acceptors (Lipinski definition) is 4. The monoisotopic (exact) mass is 344 g/mol. The number of carbonyl (C=O) groups is 1. The maximum atomic E-state index is 12.2. The first-order valence-electron chi connectivity index (χ1n) is 7.92. The van der Waals surface area contributed by atoms with E-state index in [1.165, 1.54) is 22.9 Å². The Balaban J connectivity index is 1.93. The Bertz CT molecular complexity index is 739. The zero-order valence-electron chi connectivity index (χ0n) is 14.7. The van der Waals surface area contributed by atoms with E-state index in [2.05, 4.69) is 54.1 Å². The van der Waals surface area contributed by atoms with Crippen LogP contribution in [0, 0.1) is 20.8 Å². The van der Waals surface area contributed by atoms with Gasteiger partial charge in [-0.2, -0.15) is 0 Å². The zero-order chi connectivity index (χ0) is 17.7. The van der Waals surface area contributed by atoms with Gasteiger partial charge in [0, 0.05) is 6.54 Å². The van der Waals surface area contributed by atoms with Crippen LogP contribution in [0.25, 0.3) is 0 Å². The third kappa shape index (κ3) is 4.47. The van der Waals surface area contributed by atoms with Crippen molar-refractivity contribution >= 4 is 17.7 Å². The highest BCUT2D eigenvalue weighted by Gasteiger charge is 2.13. The van der Waals surface area contributed by atoms with Crippen LogP contribution in [-0.4, -0.2) is 26.4 Å². The molecule has 6 heteroatoms. The molecule has 0 bridgehead atoms. The second-order valence-corrected chi connectivity index (χ2v) is 6.79. The zero-order valence-corrected chi connectivity index (χ0v) is 15.5. The standard InChI is InChI=1S/C18H24N4OS/c1-6-9-22-15(5)20-21-18(22)24-11-17(23)19-14(4)16-8-7-12(2)13(3)10-16/h6-8,10,14H,1,9,11H2,2-5H3,(H,19,23). The first-order valence-corrected chi connectivity index (χ1v) is 8.91. The quantitative estimate of drug-likeness (QED) is 0.618. The van der Waals surface area contributed by atoms with Crippen molar-refractivity contribution in [1.82, 2.24) is 20.1 Å². The summed E-state index contributed by atoms with van der Waals surface area (Å²) in [7, 11) is 0. The fourth-order valence-corrected chi connectivity index (χ4v) is 3.14. The van der Waals surface area contributed by atoms with Crippen LogP contribution in [0.1, 0.15) is 35.5 Å². The van der Waals surface area contributed by atoms with Gasteiger partial charge in [-0.05, 0) is 44.4 Å². The Labute approximate surface area is 147 Å². The lowest BCUT2D eigenvalue weighted by molar-refractivity contribution is -0.119. The molecule has 1 amide bonds. The van der Waals surface area contributed by atoms with Crippen LogP contribution in [0.15, 0.2) is 36.0 Å². The number of nitrogens with zero attached hydrogens (tertiary/aromatic N) is 3. The molecule has 1 unspecified atom stereocenters. The van der Waals surface area contributed by atoms with Gasteiger partial charge in [-0.3, -0.25) is 4.79 Å². The van der Waals surface area contributed by atoms with E-state index in [4.69, 9.17) is 0 Å². The molecule has 0 saturated carbocycles. The second kappa shape index (κ2) is 8.15.